The zero-order valence-electron chi connectivity index (χ0n) is 23.9. The molecule has 1 amide bonds. The number of azide groups is 1. The van der Waals surface area contributed by atoms with Crippen molar-refractivity contribution in [2.45, 2.75) is 50.0 Å². The number of benzene rings is 1. The zero-order valence-corrected chi connectivity index (χ0v) is 23.9. The Morgan fingerprint density at radius 2 is 1.78 bits per heavy atom. The smallest absolute Gasteiger partial charge is 0.335 e. The van der Waals surface area contributed by atoms with Crippen LogP contribution in [0.15, 0.2) is 23.3 Å². The Kier molecular flexibility index (Phi) is 16.1. The molecular weight excluding hydrogens is 610 g/mol. The topological polar surface area (TPSA) is 239 Å². The maximum absolute atomic E-state index is 13.9. The van der Waals surface area contributed by atoms with Crippen molar-refractivity contribution in [3.8, 4) is 18.1 Å². The molecule has 18 heteroatoms. The highest BCUT2D eigenvalue weighted by Gasteiger charge is 2.48. The highest BCUT2D eigenvalue weighted by Crippen LogP contribution is 2.34. The summed E-state index contributed by atoms with van der Waals surface area (Å²) in [6, 6.07) is 2.99. The number of carboxylic acid groups (broad SMARTS) is 1. The van der Waals surface area contributed by atoms with Gasteiger partial charge in [0.1, 0.15) is 37.3 Å². The monoisotopic (exact) mass is 644 g/mol. The van der Waals surface area contributed by atoms with Crippen molar-refractivity contribution in [3.05, 3.63) is 34.2 Å². The summed E-state index contributed by atoms with van der Waals surface area (Å²) in [6.07, 6.45) is -8.49. The van der Waals surface area contributed by atoms with Crippen molar-refractivity contribution in [3.63, 3.8) is 0 Å². The van der Waals surface area contributed by atoms with E-state index in [0.717, 1.165) is 18.2 Å². The lowest BCUT2D eigenvalue weighted by Crippen LogP contribution is -2.61. The maximum atomic E-state index is 13.9. The van der Waals surface area contributed by atoms with Crippen molar-refractivity contribution in [1.82, 2.24) is 0 Å². The molecule has 0 bridgehead atoms. The largest absolute Gasteiger partial charge is 0.479 e. The molecule has 0 aromatic heterocycles. The van der Waals surface area contributed by atoms with Crippen LogP contribution in [0.2, 0.25) is 0 Å². The molecule has 16 nitrogen and oxygen atoms in total. The van der Waals surface area contributed by atoms with Gasteiger partial charge in [0, 0.05) is 29.5 Å². The second-order valence-corrected chi connectivity index (χ2v) is 9.50. The number of rotatable bonds is 20. The Hall–Kier alpha value is -3.92. The third-order valence-corrected chi connectivity index (χ3v) is 6.25. The van der Waals surface area contributed by atoms with E-state index in [9.17, 15) is 43.6 Å². The van der Waals surface area contributed by atoms with E-state index in [0.29, 0.717) is 6.61 Å². The molecule has 1 heterocycles. The number of nitrogens with zero attached hydrogens (tertiary/aromatic N) is 3. The Morgan fingerprint density at radius 3 is 2.42 bits per heavy atom. The lowest BCUT2D eigenvalue weighted by molar-refractivity contribution is -0.271. The summed E-state index contributed by atoms with van der Waals surface area (Å²) >= 11 is 0. The second kappa shape index (κ2) is 19.5. The van der Waals surface area contributed by atoms with Crippen LogP contribution in [0.3, 0.4) is 0 Å². The first-order valence-corrected chi connectivity index (χ1v) is 13.5. The molecule has 1 aliphatic heterocycles. The Labute approximate surface area is 255 Å². The predicted octanol–water partition coefficient (Wildman–Crippen LogP) is 0.793. The molecule has 5 N–H and O–H groups in total. The average Bonchev–Trinajstić information content (AvgIpc) is 3.00. The minimum atomic E-state index is -3.19. The minimum Gasteiger partial charge on any atom is -0.479 e. The lowest BCUT2D eigenvalue weighted by atomic mass is 9.97. The highest BCUT2D eigenvalue weighted by atomic mass is 19.3. The van der Waals surface area contributed by atoms with Gasteiger partial charge in [0.15, 0.2) is 11.9 Å². The molecule has 1 fully saturated rings. The molecule has 1 saturated heterocycles. The zero-order chi connectivity index (χ0) is 33.4. The lowest BCUT2D eigenvalue weighted by Gasteiger charge is -2.38. The maximum Gasteiger partial charge on any atom is 0.335 e. The molecule has 1 aromatic rings. The second-order valence-electron chi connectivity index (χ2n) is 9.50. The molecule has 1 aliphatic rings. The number of ether oxygens (including phenoxy) is 5. The van der Waals surface area contributed by atoms with E-state index in [1.165, 1.54) is 0 Å². The molecule has 0 spiro atoms. The number of carboxylic acids is 1. The SMILES string of the molecule is C#CCOCCOCCOCC(=O)CC(CCN=[N+]=[N-])C(=O)Nc1ccc(OC2OC(C(=O)O)C(O)C(O)C2O)c(C(F)F)c1. The van der Waals surface area contributed by atoms with Crippen LogP contribution >= 0.6 is 0 Å². The van der Waals surface area contributed by atoms with Crippen LogP contribution < -0.4 is 10.1 Å². The number of hydrogen-bond donors (Lipinski definition) is 5. The molecule has 1 aromatic carbocycles. The number of nitrogens with one attached hydrogen (secondary N) is 1. The number of anilines is 1. The van der Waals surface area contributed by atoms with Crippen molar-refractivity contribution in [2.24, 2.45) is 11.0 Å². The van der Waals surface area contributed by atoms with E-state index < -0.39 is 72.0 Å². The number of amides is 1. The number of aliphatic hydroxyl groups is 3. The molecule has 248 valence electrons. The van der Waals surface area contributed by atoms with E-state index in [1.54, 1.807) is 0 Å². The van der Waals surface area contributed by atoms with E-state index in [-0.39, 0.29) is 58.1 Å². The number of Topliss-reactive ketones (excluding diaryl/α,β-unsaturated/α-hetero) is 1. The van der Waals surface area contributed by atoms with E-state index in [4.69, 9.17) is 35.6 Å². The normalized spacial score (nSPS) is 21.8. The minimum absolute atomic E-state index is 0.0405. The molecule has 45 heavy (non-hydrogen) atoms. The molecular formula is C27H34F2N4O12. The molecule has 0 radical (unpaired) electrons. The standard InChI is InChI=1S/C27H34F2N4O12/c1-2-7-41-8-9-42-10-11-43-14-17(34)12-15(5-6-31-33-30)25(38)32-16-3-4-19(18(13-16)24(28)29)44-27-22(37)20(35)21(36)23(45-27)26(39)40/h1,3-4,13,15,20-24,27,35-37H,5-12,14H2,(H,32,38)(H,39,40). The van der Waals surface area contributed by atoms with Crippen LogP contribution in [-0.4, -0.2) is 115 Å². The number of aliphatic hydroxyl groups excluding tert-OH is 3. The van der Waals surface area contributed by atoms with Gasteiger partial charge in [-0.05, 0) is 30.2 Å². The van der Waals surface area contributed by atoms with Crippen LogP contribution in [-0.2, 0) is 33.3 Å². The molecule has 6 unspecified atom stereocenters. The van der Waals surface area contributed by atoms with Crippen LogP contribution in [0, 0.1) is 18.3 Å². The highest BCUT2D eigenvalue weighted by molar-refractivity contribution is 5.95. The summed E-state index contributed by atoms with van der Waals surface area (Å²) in [4.78, 5) is 39.4. The summed E-state index contributed by atoms with van der Waals surface area (Å²) in [7, 11) is 0. The van der Waals surface area contributed by atoms with Crippen LogP contribution in [0.1, 0.15) is 24.8 Å². The van der Waals surface area contributed by atoms with Crippen molar-refractivity contribution in [1.29, 1.82) is 0 Å². The fourth-order valence-electron chi connectivity index (χ4n) is 4.00. The first kappa shape index (κ1) is 37.3. The van der Waals surface area contributed by atoms with Gasteiger partial charge >= 0.3 is 5.97 Å². The van der Waals surface area contributed by atoms with Crippen molar-refractivity contribution < 1.29 is 67.3 Å². The van der Waals surface area contributed by atoms with Gasteiger partial charge in [0.2, 0.25) is 12.2 Å². The number of ketones is 1. The van der Waals surface area contributed by atoms with Crippen LogP contribution in [0.5, 0.6) is 5.75 Å². The molecule has 0 saturated carbocycles. The third-order valence-electron chi connectivity index (χ3n) is 6.25. The van der Waals surface area contributed by atoms with Gasteiger partial charge in [0.05, 0.1) is 32.0 Å². The molecule has 2 rings (SSSR count). The first-order valence-electron chi connectivity index (χ1n) is 13.5. The number of hydrogen-bond acceptors (Lipinski definition) is 12. The first-order chi connectivity index (χ1) is 21.5. The van der Waals surface area contributed by atoms with Crippen LogP contribution in [0.25, 0.3) is 10.4 Å². The van der Waals surface area contributed by atoms with Gasteiger partial charge in [-0.2, -0.15) is 0 Å². The number of aliphatic carboxylic acids is 1. The van der Waals surface area contributed by atoms with E-state index >= 15 is 0 Å². The Bertz CT molecular complexity index is 1230. The number of terminal acetylenes is 1. The molecule has 0 aliphatic carbocycles. The van der Waals surface area contributed by atoms with Gasteiger partial charge in [0.25, 0.3) is 6.43 Å². The number of carbonyl (C=O) groups is 3. The summed E-state index contributed by atoms with van der Waals surface area (Å²) in [5.41, 5.74) is 7.65. The summed E-state index contributed by atoms with van der Waals surface area (Å²) in [6.45, 7) is 0.512. The van der Waals surface area contributed by atoms with Gasteiger partial charge in [-0.25, -0.2) is 13.6 Å². The van der Waals surface area contributed by atoms with Gasteiger partial charge in [-0.15, -0.1) is 6.42 Å². The Morgan fingerprint density at radius 1 is 1.09 bits per heavy atom. The number of carbonyl (C=O) groups excluding carboxylic acids is 2. The van der Waals surface area contributed by atoms with Gasteiger partial charge in [-0.3, -0.25) is 9.59 Å². The van der Waals surface area contributed by atoms with Gasteiger partial charge in [-0.1, -0.05) is 11.0 Å². The summed E-state index contributed by atoms with van der Waals surface area (Å²) < 4.78 is 53.6. The number of alkyl halides is 2. The fourth-order valence-corrected chi connectivity index (χ4v) is 4.00. The average molecular weight is 645 g/mol. The van der Waals surface area contributed by atoms with E-state index in [1.807, 2.05) is 0 Å². The number of halogens is 2. The Balaban J connectivity index is 2.03. The van der Waals surface area contributed by atoms with Crippen molar-refractivity contribution >= 4 is 23.3 Å². The van der Waals surface area contributed by atoms with E-state index in [2.05, 4.69) is 21.3 Å². The summed E-state index contributed by atoms with van der Waals surface area (Å²) in [5.74, 6) is -2.18. The van der Waals surface area contributed by atoms with Gasteiger partial charge < -0.3 is 49.4 Å². The van der Waals surface area contributed by atoms with Crippen molar-refractivity contribution in [2.75, 3.05) is 51.5 Å². The predicted molar refractivity (Wildman–Crippen MR) is 148 cm³/mol. The quantitative estimate of drug-likeness (QED) is 0.0435. The van der Waals surface area contributed by atoms with Crippen LogP contribution in [0.4, 0.5) is 14.5 Å². The third kappa shape index (κ3) is 12.2. The fraction of sp³-hybridized carbons (Fsp3) is 0.593. The molecule has 6 atom stereocenters. The summed E-state index contributed by atoms with van der Waals surface area (Å²) in [5, 5.41) is 44.9.